The van der Waals surface area contributed by atoms with Crippen LogP contribution in [0.3, 0.4) is 0 Å². The van der Waals surface area contributed by atoms with Gasteiger partial charge in [-0.1, -0.05) is 27.2 Å². The second kappa shape index (κ2) is 9.67. The number of rotatable bonds is 7. The van der Waals surface area contributed by atoms with Crippen LogP contribution in [0.2, 0.25) is 0 Å². The van der Waals surface area contributed by atoms with E-state index in [0.717, 1.165) is 42.5 Å². The van der Waals surface area contributed by atoms with Crippen LogP contribution < -0.4 is 4.74 Å². The minimum Gasteiger partial charge on any atom is -0.434 e. The number of fused-ring (bicyclic) bond motifs is 1. The molecule has 5 heteroatoms. The number of carbonyl (C=O) groups is 1. The first-order chi connectivity index (χ1) is 13.6. The van der Waals surface area contributed by atoms with Crippen LogP contribution in [0, 0.1) is 11.8 Å². The van der Waals surface area contributed by atoms with Gasteiger partial charge >= 0.3 is 6.16 Å². The molecule has 150 valence electrons. The number of benzene rings is 1. The smallest absolute Gasteiger partial charge is 0.434 e. The molecule has 1 heterocycles. The highest BCUT2D eigenvalue weighted by Gasteiger charge is 2.22. The maximum absolute atomic E-state index is 11.5. The van der Waals surface area contributed by atoms with Crippen LogP contribution in [-0.2, 0) is 17.6 Å². The Morgan fingerprint density at radius 2 is 2.04 bits per heavy atom. The van der Waals surface area contributed by atoms with E-state index >= 15 is 0 Å². The molecule has 2 aromatic rings. The molecule has 0 amide bonds. The molecule has 0 spiro atoms. The molecule has 0 saturated carbocycles. The standard InChI is InChI=1S/C23H30N2O3/c1-4-12-27-23(26)28-20-9-7-18(8-10-20)22-24-15-19-14-17(13-16(3)5-2)6-11-21(19)25-22/h7-10,15-17H,4-6,11-14H2,1-3H3. The molecule has 2 atom stereocenters. The normalized spacial score (nSPS) is 16.9. The Hall–Kier alpha value is -2.43. The van der Waals surface area contributed by atoms with Gasteiger partial charge in [0, 0.05) is 17.5 Å². The maximum atomic E-state index is 11.5. The van der Waals surface area contributed by atoms with E-state index in [1.807, 2.05) is 25.3 Å². The van der Waals surface area contributed by atoms with Gasteiger partial charge in [0.2, 0.25) is 0 Å². The molecule has 0 bridgehead atoms. The Kier molecular flexibility index (Phi) is 7.01. The van der Waals surface area contributed by atoms with Crippen LogP contribution in [0.1, 0.15) is 57.7 Å². The van der Waals surface area contributed by atoms with Gasteiger partial charge in [0.25, 0.3) is 0 Å². The van der Waals surface area contributed by atoms with Crippen LogP contribution in [0.15, 0.2) is 30.5 Å². The largest absolute Gasteiger partial charge is 0.513 e. The molecule has 5 nitrogen and oxygen atoms in total. The molecule has 1 aliphatic carbocycles. The Morgan fingerprint density at radius 3 is 2.75 bits per heavy atom. The maximum Gasteiger partial charge on any atom is 0.513 e. The predicted molar refractivity (Wildman–Crippen MR) is 109 cm³/mol. The quantitative estimate of drug-likeness (QED) is 0.460. The number of aromatic nitrogens is 2. The summed E-state index contributed by atoms with van der Waals surface area (Å²) in [6.07, 6.45) is 7.94. The van der Waals surface area contributed by atoms with E-state index in [4.69, 9.17) is 14.5 Å². The molecule has 1 aliphatic rings. The fraction of sp³-hybridized carbons (Fsp3) is 0.522. The van der Waals surface area contributed by atoms with Crippen molar-refractivity contribution in [2.75, 3.05) is 6.61 Å². The van der Waals surface area contributed by atoms with Crippen LogP contribution >= 0.6 is 0 Å². The highest BCUT2D eigenvalue weighted by atomic mass is 16.7. The molecule has 0 aliphatic heterocycles. The molecular weight excluding hydrogens is 352 g/mol. The van der Waals surface area contributed by atoms with Crippen molar-refractivity contribution < 1.29 is 14.3 Å². The van der Waals surface area contributed by atoms with E-state index in [0.29, 0.717) is 12.4 Å². The molecule has 3 rings (SSSR count). The van der Waals surface area contributed by atoms with E-state index in [-0.39, 0.29) is 0 Å². The predicted octanol–water partition coefficient (Wildman–Crippen LogP) is 5.61. The molecule has 0 radical (unpaired) electrons. The summed E-state index contributed by atoms with van der Waals surface area (Å²) in [5.74, 6) is 2.71. The van der Waals surface area contributed by atoms with E-state index in [1.54, 1.807) is 12.1 Å². The van der Waals surface area contributed by atoms with E-state index in [1.165, 1.54) is 30.5 Å². The van der Waals surface area contributed by atoms with Crippen molar-refractivity contribution in [1.82, 2.24) is 9.97 Å². The first-order valence-electron chi connectivity index (χ1n) is 10.4. The van der Waals surface area contributed by atoms with Gasteiger partial charge in [-0.3, -0.25) is 0 Å². The van der Waals surface area contributed by atoms with Gasteiger partial charge in [-0.05, 0) is 73.8 Å². The molecule has 0 fully saturated rings. The van der Waals surface area contributed by atoms with Crippen molar-refractivity contribution >= 4 is 6.16 Å². The van der Waals surface area contributed by atoms with E-state index in [2.05, 4.69) is 18.8 Å². The summed E-state index contributed by atoms with van der Waals surface area (Å²) in [6.45, 7) is 6.90. The topological polar surface area (TPSA) is 61.3 Å². The molecule has 28 heavy (non-hydrogen) atoms. The van der Waals surface area contributed by atoms with Crippen LogP contribution in [0.5, 0.6) is 5.75 Å². The van der Waals surface area contributed by atoms with Gasteiger partial charge in [-0.15, -0.1) is 0 Å². The van der Waals surface area contributed by atoms with Gasteiger partial charge in [0.1, 0.15) is 5.75 Å². The van der Waals surface area contributed by atoms with Gasteiger partial charge in [-0.2, -0.15) is 0 Å². The zero-order chi connectivity index (χ0) is 19.9. The fourth-order valence-electron chi connectivity index (χ4n) is 3.64. The number of ether oxygens (including phenoxy) is 2. The Balaban J connectivity index is 1.64. The summed E-state index contributed by atoms with van der Waals surface area (Å²) in [5, 5.41) is 0. The Bertz CT molecular complexity index is 789. The average molecular weight is 383 g/mol. The van der Waals surface area contributed by atoms with Gasteiger partial charge < -0.3 is 9.47 Å². The van der Waals surface area contributed by atoms with E-state index < -0.39 is 6.16 Å². The minimum absolute atomic E-state index is 0.359. The lowest BCUT2D eigenvalue weighted by Crippen LogP contribution is -2.18. The highest BCUT2D eigenvalue weighted by Crippen LogP contribution is 2.30. The van der Waals surface area contributed by atoms with E-state index in [9.17, 15) is 4.79 Å². The first kappa shape index (κ1) is 20.3. The zero-order valence-corrected chi connectivity index (χ0v) is 17.1. The summed E-state index contributed by atoms with van der Waals surface area (Å²) in [5.41, 5.74) is 3.38. The van der Waals surface area contributed by atoms with Crippen molar-refractivity contribution in [3.05, 3.63) is 41.7 Å². The lowest BCUT2D eigenvalue weighted by molar-refractivity contribution is 0.0992. The van der Waals surface area contributed by atoms with Gasteiger partial charge in [0.05, 0.1) is 6.61 Å². The number of aryl methyl sites for hydroxylation is 1. The first-order valence-corrected chi connectivity index (χ1v) is 10.4. The number of nitrogens with zero attached hydrogens (tertiary/aromatic N) is 2. The summed E-state index contributed by atoms with van der Waals surface area (Å²) in [6, 6.07) is 7.23. The van der Waals surface area contributed by atoms with Crippen LogP contribution in [0.25, 0.3) is 11.4 Å². The fourth-order valence-corrected chi connectivity index (χ4v) is 3.64. The number of carbonyl (C=O) groups excluding carboxylic acids is 1. The van der Waals surface area contributed by atoms with Crippen LogP contribution in [-0.4, -0.2) is 22.7 Å². The van der Waals surface area contributed by atoms with Gasteiger partial charge in [-0.25, -0.2) is 14.8 Å². The minimum atomic E-state index is -0.674. The Morgan fingerprint density at radius 1 is 1.25 bits per heavy atom. The molecule has 0 N–H and O–H groups in total. The third kappa shape index (κ3) is 5.31. The Labute approximate surface area is 167 Å². The summed E-state index contributed by atoms with van der Waals surface area (Å²) < 4.78 is 10.1. The number of hydrogen-bond donors (Lipinski definition) is 0. The summed E-state index contributed by atoms with van der Waals surface area (Å²) in [4.78, 5) is 20.9. The summed E-state index contributed by atoms with van der Waals surface area (Å²) >= 11 is 0. The lowest BCUT2D eigenvalue weighted by Gasteiger charge is -2.26. The van der Waals surface area contributed by atoms with Crippen molar-refractivity contribution in [2.24, 2.45) is 11.8 Å². The second-order valence-electron chi connectivity index (χ2n) is 7.75. The van der Waals surface area contributed by atoms with Crippen molar-refractivity contribution in [3.8, 4) is 17.1 Å². The van der Waals surface area contributed by atoms with Crippen molar-refractivity contribution in [3.63, 3.8) is 0 Å². The average Bonchev–Trinajstić information content (AvgIpc) is 2.72. The molecule has 1 aromatic carbocycles. The third-order valence-corrected chi connectivity index (χ3v) is 5.42. The number of hydrogen-bond acceptors (Lipinski definition) is 5. The molecule has 2 unspecified atom stereocenters. The molecule has 0 saturated heterocycles. The zero-order valence-electron chi connectivity index (χ0n) is 17.1. The highest BCUT2D eigenvalue weighted by molar-refractivity contribution is 5.65. The molecule has 1 aromatic heterocycles. The molecular formula is C23H30N2O3. The third-order valence-electron chi connectivity index (χ3n) is 5.42. The monoisotopic (exact) mass is 382 g/mol. The van der Waals surface area contributed by atoms with Gasteiger partial charge in [0.15, 0.2) is 5.82 Å². The van der Waals surface area contributed by atoms with Crippen molar-refractivity contribution in [1.29, 1.82) is 0 Å². The lowest BCUT2D eigenvalue weighted by atomic mass is 9.81. The van der Waals surface area contributed by atoms with Crippen molar-refractivity contribution in [2.45, 2.75) is 59.3 Å². The summed E-state index contributed by atoms with van der Waals surface area (Å²) in [7, 11) is 0. The van der Waals surface area contributed by atoms with Crippen LogP contribution in [0.4, 0.5) is 4.79 Å². The SMILES string of the molecule is CCCOC(=O)Oc1ccc(-c2ncc3c(n2)CCC(CC(C)CC)C3)cc1. The second-order valence-corrected chi connectivity index (χ2v) is 7.75.